The fraction of sp³-hybridized carbons (Fsp3) is 0.545. The second kappa shape index (κ2) is 11.1. The van der Waals surface area contributed by atoms with Crippen LogP contribution in [0.5, 0.6) is 5.75 Å². The quantitative estimate of drug-likeness (QED) is 0.324. The van der Waals surface area contributed by atoms with Gasteiger partial charge < -0.3 is 18.9 Å². The number of carbonyl (C=O) groups excluding carboxylic acids is 2. The summed E-state index contributed by atoms with van der Waals surface area (Å²) in [5, 5.41) is 1.73. The minimum atomic E-state index is -0.430. The second-order valence-electron chi connectivity index (χ2n) is 7.14. The lowest BCUT2D eigenvalue weighted by atomic mass is 9.98. The lowest BCUT2D eigenvalue weighted by Crippen LogP contribution is -2.40. The Labute approximate surface area is 176 Å². The van der Waals surface area contributed by atoms with E-state index in [1.807, 2.05) is 24.3 Å². The van der Waals surface area contributed by atoms with Crippen LogP contribution in [0.3, 0.4) is 0 Å². The molecule has 0 radical (unpaired) electrons. The van der Waals surface area contributed by atoms with Crippen molar-refractivity contribution < 1.29 is 33.4 Å². The van der Waals surface area contributed by atoms with Crippen LogP contribution in [0, 0.1) is 5.92 Å². The molecule has 1 aromatic rings. The molecule has 3 rings (SSSR count). The summed E-state index contributed by atoms with van der Waals surface area (Å²) in [6, 6.07) is 7.40. The molecule has 1 unspecified atom stereocenters. The molecule has 0 N–H and O–H groups in total. The molecule has 2 heterocycles. The minimum absolute atomic E-state index is 0.263. The molecule has 2 aliphatic rings. The molecule has 30 heavy (non-hydrogen) atoms. The maximum Gasteiger partial charge on any atom is 0.330 e. The Morgan fingerprint density at radius 3 is 2.80 bits per heavy atom. The highest BCUT2D eigenvalue weighted by Crippen LogP contribution is 2.33. The zero-order chi connectivity index (χ0) is 21.3. The van der Waals surface area contributed by atoms with Crippen molar-refractivity contribution >= 4 is 11.9 Å². The molecule has 8 heteroatoms. The standard InChI is InChI=1S/C22H29NO7/c1-3-28-22(25)18-15-29-23-12-11-19(21(18)23)30-20(24)6-4-5-13-27-14-16-7-9-17(26-2)10-8-16/h4,6-10,18-19,21H,3,5,11-15H2,1-2H3/b6-4+/t18?,19-,21+/m0/s1. The van der Waals surface area contributed by atoms with Gasteiger partial charge in [0.25, 0.3) is 0 Å². The molecule has 2 fully saturated rings. The number of hydrogen-bond donors (Lipinski definition) is 0. The van der Waals surface area contributed by atoms with Gasteiger partial charge in [0.1, 0.15) is 17.8 Å². The molecular formula is C22H29NO7. The van der Waals surface area contributed by atoms with Gasteiger partial charge in [-0.05, 0) is 31.0 Å². The molecule has 0 amide bonds. The molecule has 0 bridgehead atoms. The molecule has 2 aliphatic heterocycles. The molecule has 0 aliphatic carbocycles. The zero-order valence-corrected chi connectivity index (χ0v) is 17.5. The van der Waals surface area contributed by atoms with E-state index in [2.05, 4.69) is 0 Å². The molecule has 0 saturated carbocycles. The van der Waals surface area contributed by atoms with Crippen LogP contribution in [0.2, 0.25) is 0 Å². The van der Waals surface area contributed by atoms with E-state index in [4.69, 9.17) is 23.8 Å². The van der Waals surface area contributed by atoms with Crippen LogP contribution in [0.25, 0.3) is 0 Å². The summed E-state index contributed by atoms with van der Waals surface area (Å²) in [5.41, 5.74) is 1.06. The van der Waals surface area contributed by atoms with E-state index in [0.29, 0.717) is 39.2 Å². The number of esters is 2. The number of carbonyl (C=O) groups is 2. The third-order valence-electron chi connectivity index (χ3n) is 5.15. The summed E-state index contributed by atoms with van der Waals surface area (Å²) in [4.78, 5) is 29.8. The maximum atomic E-state index is 12.2. The number of nitrogens with zero attached hydrogens (tertiary/aromatic N) is 1. The number of ether oxygens (including phenoxy) is 4. The molecule has 8 nitrogen and oxygen atoms in total. The number of hydrogen-bond acceptors (Lipinski definition) is 8. The second-order valence-corrected chi connectivity index (χ2v) is 7.14. The van der Waals surface area contributed by atoms with Crippen LogP contribution in [0.15, 0.2) is 36.4 Å². The van der Waals surface area contributed by atoms with Crippen LogP contribution >= 0.6 is 0 Å². The first-order chi connectivity index (χ1) is 14.6. The van der Waals surface area contributed by atoms with Crippen LogP contribution in [0.1, 0.15) is 25.3 Å². The first kappa shape index (κ1) is 22.3. The average molecular weight is 419 g/mol. The van der Waals surface area contributed by atoms with Crippen molar-refractivity contribution in [3.05, 3.63) is 42.0 Å². The topological polar surface area (TPSA) is 83.5 Å². The Hall–Kier alpha value is -2.42. The monoisotopic (exact) mass is 419 g/mol. The number of fused-ring (bicyclic) bond motifs is 1. The Morgan fingerprint density at radius 2 is 2.07 bits per heavy atom. The van der Waals surface area contributed by atoms with Gasteiger partial charge in [0, 0.05) is 19.0 Å². The van der Waals surface area contributed by atoms with Crippen molar-refractivity contribution in [3.63, 3.8) is 0 Å². The van der Waals surface area contributed by atoms with Gasteiger partial charge >= 0.3 is 11.9 Å². The van der Waals surface area contributed by atoms with Gasteiger partial charge in [-0.15, -0.1) is 0 Å². The number of methoxy groups -OCH3 is 1. The lowest BCUT2D eigenvalue weighted by Gasteiger charge is -2.22. The Kier molecular flexibility index (Phi) is 8.24. The van der Waals surface area contributed by atoms with Crippen molar-refractivity contribution in [2.75, 3.05) is 33.5 Å². The molecule has 1 aromatic carbocycles. The van der Waals surface area contributed by atoms with E-state index < -0.39 is 11.9 Å². The fourth-order valence-electron chi connectivity index (χ4n) is 3.66. The predicted molar refractivity (Wildman–Crippen MR) is 107 cm³/mol. The van der Waals surface area contributed by atoms with E-state index >= 15 is 0 Å². The van der Waals surface area contributed by atoms with Crippen molar-refractivity contribution in [2.45, 2.75) is 38.5 Å². The SMILES string of the molecule is CCOC(=O)C1CON2CC[C@H](OC(=O)/C=C/CCOCc3ccc(OC)cc3)[C@@H]12. The van der Waals surface area contributed by atoms with Gasteiger partial charge in [-0.2, -0.15) is 5.06 Å². The molecule has 2 saturated heterocycles. The van der Waals surface area contributed by atoms with Crippen molar-refractivity contribution in [3.8, 4) is 5.75 Å². The van der Waals surface area contributed by atoms with Crippen molar-refractivity contribution in [1.29, 1.82) is 0 Å². The Morgan fingerprint density at radius 1 is 1.27 bits per heavy atom. The van der Waals surface area contributed by atoms with Gasteiger partial charge in [0.2, 0.25) is 0 Å². The summed E-state index contributed by atoms with van der Waals surface area (Å²) in [7, 11) is 1.63. The molecular weight excluding hydrogens is 390 g/mol. The Bertz CT molecular complexity index is 734. The highest BCUT2D eigenvalue weighted by Gasteiger charge is 2.50. The normalized spacial score (nSPS) is 23.5. The number of hydroxylamine groups is 2. The van der Waals surface area contributed by atoms with Crippen molar-refractivity contribution in [1.82, 2.24) is 5.06 Å². The summed E-state index contributed by atoms with van der Waals surface area (Å²) in [6.45, 7) is 3.96. The number of benzene rings is 1. The zero-order valence-electron chi connectivity index (χ0n) is 17.5. The summed E-state index contributed by atoms with van der Waals surface area (Å²) >= 11 is 0. The molecule has 3 atom stereocenters. The van der Waals surface area contributed by atoms with Crippen LogP contribution < -0.4 is 4.74 Å². The van der Waals surface area contributed by atoms with E-state index in [1.54, 1.807) is 25.2 Å². The first-order valence-electron chi connectivity index (χ1n) is 10.3. The summed E-state index contributed by atoms with van der Waals surface area (Å²) in [6.07, 6.45) is 3.99. The average Bonchev–Trinajstić information content (AvgIpc) is 3.34. The molecule has 0 aromatic heterocycles. The predicted octanol–water partition coefficient (Wildman–Crippen LogP) is 2.27. The van der Waals surface area contributed by atoms with Crippen molar-refractivity contribution in [2.24, 2.45) is 5.92 Å². The largest absolute Gasteiger partial charge is 0.497 e. The van der Waals surface area contributed by atoms with E-state index in [1.165, 1.54) is 6.08 Å². The summed E-state index contributed by atoms with van der Waals surface area (Å²) in [5.74, 6) is -0.354. The van der Waals surface area contributed by atoms with E-state index in [-0.39, 0.29) is 24.7 Å². The van der Waals surface area contributed by atoms with E-state index in [0.717, 1.165) is 11.3 Å². The van der Waals surface area contributed by atoms with Gasteiger partial charge in [-0.1, -0.05) is 18.2 Å². The lowest BCUT2D eigenvalue weighted by molar-refractivity contribution is -0.154. The van der Waals surface area contributed by atoms with Crippen LogP contribution in [-0.2, 0) is 35.2 Å². The van der Waals surface area contributed by atoms with Gasteiger partial charge in [-0.3, -0.25) is 9.63 Å². The fourth-order valence-corrected chi connectivity index (χ4v) is 3.66. The minimum Gasteiger partial charge on any atom is -0.497 e. The first-order valence-corrected chi connectivity index (χ1v) is 10.3. The summed E-state index contributed by atoms with van der Waals surface area (Å²) < 4.78 is 21.4. The Balaban J connectivity index is 1.37. The molecule has 164 valence electrons. The van der Waals surface area contributed by atoms with Gasteiger partial charge in [-0.25, -0.2) is 4.79 Å². The van der Waals surface area contributed by atoms with Gasteiger partial charge in [0.15, 0.2) is 0 Å². The van der Waals surface area contributed by atoms with Gasteiger partial charge in [0.05, 0.1) is 39.6 Å². The third-order valence-corrected chi connectivity index (χ3v) is 5.15. The van der Waals surface area contributed by atoms with Crippen LogP contribution in [-0.4, -0.2) is 62.6 Å². The number of rotatable bonds is 10. The highest BCUT2D eigenvalue weighted by molar-refractivity contribution is 5.82. The highest BCUT2D eigenvalue weighted by atomic mass is 16.7. The smallest absolute Gasteiger partial charge is 0.330 e. The third kappa shape index (κ3) is 5.81. The maximum absolute atomic E-state index is 12.2. The molecule has 0 spiro atoms. The van der Waals surface area contributed by atoms with E-state index in [9.17, 15) is 9.59 Å². The van der Waals surface area contributed by atoms with Crippen LogP contribution in [0.4, 0.5) is 0 Å².